The van der Waals surface area contributed by atoms with E-state index in [4.69, 9.17) is 4.74 Å². The summed E-state index contributed by atoms with van der Waals surface area (Å²) in [5.41, 5.74) is 2.18. The van der Waals surface area contributed by atoms with E-state index in [9.17, 15) is 5.11 Å². The number of nitrogens with zero attached hydrogens (tertiary/aromatic N) is 1. The van der Waals surface area contributed by atoms with Crippen molar-refractivity contribution in [2.24, 2.45) is 0 Å². The number of ether oxygens (including phenoxy) is 1. The smallest absolute Gasteiger partial charge is 0.119 e. The highest BCUT2D eigenvalue weighted by molar-refractivity contribution is 5.48. The molecule has 1 saturated heterocycles. The van der Waals surface area contributed by atoms with Crippen molar-refractivity contribution in [1.82, 2.24) is 4.90 Å². The monoisotopic (exact) mass is 287 g/mol. The number of rotatable bonds is 1. The maximum absolute atomic E-state index is 11.7. The molecule has 1 aromatic rings. The van der Waals surface area contributed by atoms with Gasteiger partial charge >= 0.3 is 0 Å². The first-order valence-electron chi connectivity index (χ1n) is 8.21. The summed E-state index contributed by atoms with van der Waals surface area (Å²) in [6, 6.07) is 6.76. The van der Waals surface area contributed by atoms with Gasteiger partial charge < -0.3 is 14.7 Å². The van der Waals surface area contributed by atoms with Gasteiger partial charge in [0.25, 0.3) is 0 Å². The molecule has 2 aliphatic carbocycles. The molecule has 4 rings (SSSR count). The van der Waals surface area contributed by atoms with E-state index in [0.717, 1.165) is 44.4 Å². The molecule has 0 spiro atoms. The predicted molar refractivity (Wildman–Crippen MR) is 82.8 cm³/mol. The summed E-state index contributed by atoms with van der Waals surface area (Å²) in [4.78, 5) is 2.39. The molecule has 3 atom stereocenters. The topological polar surface area (TPSA) is 32.7 Å². The molecule has 1 unspecified atom stereocenters. The van der Waals surface area contributed by atoms with Gasteiger partial charge in [-0.2, -0.15) is 0 Å². The van der Waals surface area contributed by atoms with Gasteiger partial charge in [0.1, 0.15) is 5.75 Å². The Bertz CT molecular complexity index is 572. The van der Waals surface area contributed by atoms with Crippen LogP contribution in [0.3, 0.4) is 0 Å². The van der Waals surface area contributed by atoms with Gasteiger partial charge in [-0.1, -0.05) is 18.9 Å². The maximum atomic E-state index is 11.7. The molecule has 21 heavy (non-hydrogen) atoms. The minimum absolute atomic E-state index is 0.0510. The van der Waals surface area contributed by atoms with Crippen LogP contribution in [0.15, 0.2) is 18.2 Å². The molecule has 3 heteroatoms. The van der Waals surface area contributed by atoms with Crippen LogP contribution in [0.4, 0.5) is 0 Å². The number of hydrogen-bond acceptors (Lipinski definition) is 3. The van der Waals surface area contributed by atoms with Crippen LogP contribution in [0.5, 0.6) is 5.75 Å². The molecular formula is C18H25NO2. The largest absolute Gasteiger partial charge is 0.497 e. The summed E-state index contributed by atoms with van der Waals surface area (Å²) < 4.78 is 5.46. The fourth-order valence-electron chi connectivity index (χ4n) is 5.33. The van der Waals surface area contributed by atoms with Crippen molar-refractivity contribution in [2.45, 2.75) is 55.6 Å². The predicted octanol–water partition coefficient (Wildman–Crippen LogP) is 2.50. The number of benzene rings is 1. The molecule has 1 saturated carbocycles. The summed E-state index contributed by atoms with van der Waals surface area (Å²) in [5.74, 6) is 0.924. The molecule has 114 valence electrons. The van der Waals surface area contributed by atoms with Crippen molar-refractivity contribution >= 4 is 0 Å². The van der Waals surface area contributed by atoms with Crippen LogP contribution in [-0.4, -0.2) is 42.4 Å². The summed E-state index contributed by atoms with van der Waals surface area (Å²) in [7, 11) is 3.91. The minimum Gasteiger partial charge on any atom is -0.497 e. The van der Waals surface area contributed by atoms with Gasteiger partial charge in [-0.05, 0) is 62.5 Å². The summed E-state index contributed by atoms with van der Waals surface area (Å²) in [5, 5.41) is 11.7. The van der Waals surface area contributed by atoms with Gasteiger partial charge in [0, 0.05) is 11.5 Å². The second kappa shape index (κ2) is 4.47. The Labute approximate surface area is 126 Å². The van der Waals surface area contributed by atoms with Gasteiger partial charge in [-0.15, -0.1) is 0 Å². The Morgan fingerprint density at radius 2 is 2.05 bits per heavy atom. The second-order valence-electron chi connectivity index (χ2n) is 7.19. The van der Waals surface area contributed by atoms with E-state index in [1.54, 1.807) is 7.11 Å². The highest BCUT2D eigenvalue weighted by Crippen LogP contribution is 2.58. The van der Waals surface area contributed by atoms with Crippen molar-refractivity contribution in [3.8, 4) is 5.75 Å². The van der Waals surface area contributed by atoms with Gasteiger partial charge in [-0.3, -0.25) is 0 Å². The van der Waals surface area contributed by atoms with Gasteiger partial charge in [0.05, 0.1) is 12.7 Å². The number of piperidine rings is 1. The quantitative estimate of drug-likeness (QED) is 0.861. The van der Waals surface area contributed by atoms with E-state index >= 15 is 0 Å². The van der Waals surface area contributed by atoms with Gasteiger partial charge in [0.2, 0.25) is 0 Å². The van der Waals surface area contributed by atoms with E-state index in [-0.39, 0.29) is 11.5 Å². The molecule has 2 bridgehead atoms. The Hall–Kier alpha value is -1.06. The zero-order valence-electron chi connectivity index (χ0n) is 13.1. The molecule has 1 heterocycles. The Kier molecular flexibility index (Phi) is 2.89. The lowest BCUT2D eigenvalue weighted by molar-refractivity contribution is -0.160. The molecule has 1 aliphatic heterocycles. The third kappa shape index (κ3) is 1.62. The zero-order chi connectivity index (χ0) is 14.7. The highest BCUT2D eigenvalue weighted by Gasteiger charge is 2.62. The van der Waals surface area contributed by atoms with Crippen LogP contribution in [0.2, 0.25) is 0 Å². The number of hydrogen-bond donors (Lipinski definition) is 1. The van der Waals surface area contributed by atoms with Gasteiger partial charge in [0.15, 0.2) is 0 Å². The first-order chi connectivity index (χ1) is 10.1. The number of likely N-dealkylation sites (tertiary alicyclic amines) is 1. The molecule has 2 fully saturated rings. The third-order valence-corrected chi connectivity index (χ3v) is 6.46. The van der Waals surface area contributed by atoms with Crippen molar-refractivity contribution in [3.05, 3.63) is 29.3 Å². The Balaban J connectivity index is 1.94. The summed E-state index contributed by atoms with van der Waals surface area (Å²) >= 11 is 0. The van der Waals surface area contributed by atoms with E-state index in [2.05, 4.69) is 30.1 Å². The van der Waals surface area contributed by atoms with Crippen LogP contribution in [0, 0.1) is 0 Å². The normalized spacial score (nSPS) is 38.5. The second-order valence-corrected chi connectivity index (χ2v) is 7.19. The molecule has 0 radical (unpaired) electrons. The third-order valence-electron chi connectivity index (χ3n) is 6.46. The van der Waals surface area contributed by atoms with Crippen LogP contribution in [-0.2, 0) is 11.8 Å². The number of aliphatic hydroxyl groups is 1. The standard InChI is InChI=1S/C18H25NO2/c1-19-10-9-17-7-3-4-8-18(17,20)16(19)11-13-5-6-14(21-2)12-15(13)17/h5-6,12,16,20H,3-4,7-11H2,1-2H3/t16?,17-,18+/m0/s1. The lowest BCUT2D eigenvalue weighted by Gasteiger charge is -2.63. The Morgan fingerprint density at radius 3 is 2.86 bits per heavy atom. The minimum atomic E-state index is -0.558. The molecule has 3 aliphatic rings. The number of fused-ring (bicyclic) bond motifs is 1. The van der Waals surface area contributed by atoms with Crippen LogP contribution < -0.4 is 4.74 Å². The van der Waals surface area contributed by atoms with Gasteiger partial charge in [-0.25, -0.2) is 0 Å². The number of likely N-dealkylation sites (N-methyl/N-ethyl adjacent to an activating group) is 1. The van der Waals surface area contributed by atoms with E-state index < -0.39 is 5.60 Å². The fraction of sp³-hybridized carbons (Fsp3) is 0.667. The van der Waals surface area contributed by atoms with E-state index in [1.165, 1.54) is 17.5 Å². The van der Waals surface area contributed by atoms with Crippen molar-refractivity contribution in [3.63, 3.8) is 0 Å². The van der Waals surface area contributed by atoms with E-state index in [1.807, 2.05) is 0 Å². The summed E-state index contributed by atoms with van der Waals surface area (Å²) in [6.07, 6.45) is 6.48. The fourth-order valence-corrected chi connectivity index (χ4v) is 5.33. The molecule has 3 nitrogen and oxygen atoms in total. The molecular weight excluding hydrogens is 262 g/mol. The Morgan fingerprint density at radius 1 is 1.24 bits per heavy atom. The van der Waals surface area contributed by atoms with Crippen LogP contribution in [0.25, 0.3) is 0 Å². The van der Waals surface area contributed by atoms with Crippen molar-refractivity contribution < 1.29 is 9.84 Å². The molecule has 0 amide bonds. The first-order valence-corrected chi connectivity index (χ1v) is 8.21. The molecule has 1 aromatic carbocycles. The maximum Gasteiger partial charge on any atom is 0.119 e. The molecule has 0 aromatic heterocycles. The lowest BCUT2D eigenvalue weighted by atomic mass is 9.49. The summed E-state index contributed by atoms with van der Waals surface area (Å²) in [6.45, 7) is 1.09. The van der Waals surface area contributed by atoms with Crippen molar-refractivity contribution in [1.29, 1.82) is 0 Å². The van der Waals surface area contributed by atoms with Crippen molar-refractivity contribution in [2.75, 3.05) is 20.7 Å². The average Bonchev–Trinajstić information content (AvgIpc) is 2.50. The SMILES string of the molecule is COc1ccc2c(c1)[C@@]13CCCC[C@@]1(O)C(C2)N(C)CC3. The molecule has 1 N–H and O–H groups in total. The van der Waals surface area contributed by atoms with Crippen LogP contribution in [0.1, 0.15) is 43.2 Å². The average molecular weight is 287 g/mol. The zero-order valence-corrected chi connectivity index (χ0v) is 13.1. The highest BCUT2D eigenvalue weighted by atomic mass is 16.5. The van der Waals surface area contributed by atoms with E-state index in [0.29, 0.717) is 0 Å². The van der Waals surface area contributed by atoms with Crippen LogP contribution >= 0.6 is 0 Å². The number of methoxy groups -OCH3 is 1. The first kappa shape index (κ1) is 13.6. The lowest BCUT2D eigenvalue weighted by Crippen LogP contribution is -2.71.